The minimum absolute atomic E-state index is 0.0157. The fraction of sp³-hybridized carbons (Fsp3) is 0.389. The predicted molar refractivity (Wildman–Crippen MR) is 106 cm³/mol. The molecule has 0 amide bonds. The first-order valence-electron chi connectivity index (χ1n) is 9.23. The molecule has 152 valence electrons. The third-order valence-electron chi connectivity index (χ3n) is 5.31. The highest BCUT2D eigenvalue weighted by Crippen LogP contribution is 2.42. The fourth-order valence-corrected chi connectivity index (χ4v) is 4.13. The van der Waals surface area contributed by atoms with Gasteiger partial charge in [-0.25, -0.2) is 15.0 Å². The molecule has 3 N–H and O–H groups in total. The van der Waals surface area contributed by atoms with Crippen molar-refractivity contribution in [3.05, 3.63) is 24.2 Å². The van der Waals surface area contributed by atoms with Gasteiger partial charge in [0.1, 0.15) is 17.9 Å². The Kier molecular flexibility index (Phi) is 4.37. The highest BCUT2D eigenvalue weighted by Gasteiger charge is 2.35. The number of hydrogen-bond acceptors (Lipinski definition) is 9. The van der Waals surface area contributed by atoms with E-state index in [4.69, 9.17) is 20.2 Å². The zero-order chi connectivity index (χ0) is 20.1. The minimum atomic E-state index is -2.37. The average molecular weight is 415 g/mol. The molecule has 29 heavy (non-hydrogen) atoms. The summed E-state index contributed by atoms with van der Waals surface area (Å²) in [6, 6.07) is 1.86. The topological polar surface area (TPSA) is 142 Å². The predicted octanol–water partition coefficient (Wildman–Crippen LogP) is 1.14. The van der Waals surface area contributed by atoms with Gasteiger partial charge in [0.15, 0.2) is 17.4 Å². The van der Waals surface area contributed by atoms with Crippen molar-refractivity contribution in [1.29, 1.82) is 0 Å². The van der Waals surface area contributed by atoms with E-state index in [-0.39, 0.29) is 6.04 Å². The van der Waals surface area contributed by atoms with Crippen LogP contribution in [0.4, 0.5) is 11.5 Å². The largest absolute Gasteiger partial charge is 0.772 e. The summed E-state index contributed by atoms with van der Waals surface area (Å²) in [4.78, 5) is 18.8. The van der Waals surface area contributed by atoms with E-state index in [2.05, 4.69) is 19.9 Å². The number of aromatic nitrogens is 4. The van der Waals surface area contributed by atoms with Gasteiger partial charge in [0, 0.05) is 18.1 Å². The maximum absolute atomic E-state index is 11.8. The number of nitrogens with zero attached hydrogens (tertiary/aromatic N) is 4. The van der Waals surface area contributed by atoms with Crippen LogP contribution in [-0.4, -0.2) is 61.1 Å². The lowest BCUT2D eigenvalue weighted by molar-refractivity contribution is 0.0693. The molecule has 0 aromatic carbocycles. The summed E-state index contributed by atoms with van der Waals surface area (Å²) in [7, 11) is 0. The normalized spacial score (nSPS) is 20.6. The number of fused-ring (bicyclic) bond motifs is 4. The lowest BCUT2D eigenvalue weighted by Gasteiger charge is -2.41. The maximum Gasteiger partial charge on any atom is 0.184 e. The van der Waals surface area contributed by atoms with Crippen LogP contribution in [0, 0.1) is 0 Å². The number of H-pyrrole nitrogens is 1. The summed E-state index contributed by atoms with van der Waals surface area (Å²) >= 11 is -2.37. The van der Waals surface area contributed by atoms with Crippen molar-refractivity contribution >= 4 is 33.6 Å². The number of nitrogen functional groups attached to an aromatic ring is 1. The SMILES string of the molecule is CC(c1nc(-c2c(N)cnc3[nH]ccc23)nc2c1OCC1COCCN21)S(=O)[O-]. The van der Waals surface area contributed by atoms with Crippen LogP contribution in [0.25, 0.3) is 22.4 Å². The average Bonchev–Trinajstić information content (AvgIpc) is 3.20. The Morgan fingerprint density at radius 2 is 2.28 bits per heavy atom. The Balaban J connectivity index is 1.77. The van der Waals surface area contributed by atoms with Crippen molar-refractivity contribution in [3.63, 3.8) is 0 Å². The Hall–Kier alpha value is -2.76. The van der Waals surface area contributed by atoms with Crippen molar-refractivity contribution in [2.75, 3.05) is 37.0 Å². The molecule has 3 unspecified atom stereocenters. The first-order valence-corrected chi connectivity index (χ1v) is 10.4. The van der Waals surface area contributed by atoms with Gasteiger partial charge in [-0.2, -0.15) is 0 Å². The first-order chi connectivity index (χ1) is 14.0. The Bertz CT molecular complexity index is 1120. The second-order valence-electron chi connectivity index (χ2n) is 7.05. The van der Waals surface area contributed by atoms with Crippen molar-refractivity contribution in [1.82, 2.24) is 19.9 Å². The molecule has 5 heterocycles. The van der Waals surface area contributed by atoms with Crippen molar-refractivity contribution < 1.29 is 18.2 Å². The third kappa shape index (κ3) is 2.93. The van der Waals surface area contributed by atoms with E-state index in [1.165, 1.54) is 0 Å². The second kappa shape index (κ2) is 6.94. The minimum Gasteiger partial charge on any atom is -0.772 e. The second-order valence-corrected chi connectivity index (χ2v) is 8.28. The van der Waals surface area contributed by atoms with Gasteiger partial charge in [-0.15, -0.1) is 0 Å². The number of aromatic amines is 1. The van der Waals surface area contributed by atoms with Crippen LogP contribution in [0.2, 0.25) is 0 Å². The van der Waals surface area contributed by atoms with Gasteiger partial charge >= 0.3 is 0 Å². The van der Waals surface area contributed by atoms with E-state index >= 15 is 0 Å². The molecule has 0 radical (unpaired) electrons. The summed E-state index contributed by atoms with van der Waals surface area (Å²) in [5.74, 6) is 1.32. The standard InChI is InChI=1S/C18H20N6O4S/c1-9(29(25)26)14-15-18(24-4-5-27-7-10(24)8-28-15)23-17(22-14)13-11-2-3-20-16(11)21-6-12(13)19/h2-3,6,9-10H,4-5,7-8,19H2,1H3,(H,20,21)(H,25,26)/p-1. The zero-order valence-electron chi connectivity index (χ0n) is 15.6. The molecule has 3 atom stereocenters. The molecule has 3 aromatic heterocycles. The number of anilines is 2. The molecular weight excluding hydrogens is 396 g/mol. The molecule has 0 spiro atoms. The number of rotatable bonds is 3. The van der Waals surface area contributed by atoms with E-state index in [1.807, 2.05) is 6.07 Å². The number of ether oxygens (including phenoxy) is 2. The zero-order valence-corrected chi connectivity index (χ0v) is 16.4. The number of hydrogen-bond donors (Lipinski definition) is 2. The van der Waals surface area contributed by atoms with Crippen LogP contribution in [0.15, 0.2) is 18.5 Å². The molecule has 5 rings (SSSR count). The monoisotopic (exact) mass is 415 g/mol. The summed E-state index contributed by atoms with van der Waals surface area (Å²) in [6.07, 6.45) is 3.30. The fourth-order valence-electron chi connectivity index (χ4n) is 3.79. The van der Waals surface area contributed by atoms with Gasteiger partial charge in [-0.3, -0.25) is 4.21 Å². The Morgan fingerprint density at radius 1 is 1.41 bits per heavy atom. The number of nitrogens with two attached hydrogens (primary N) is 1. The highest BCUT2D eigenvalue weighted by atomic mass is 32.2. The lowest BCUT2D eigenvalue weighted by atomic mass is 10.1. The molecule has 1 fully saturated rings. The summed E-state index contributed by atoms with van der Waals surface area (Å²) in [5, 5.41) is -0.102. The van der Waals surface area contributed by atoms with Gasteiger partial charge in [-0.1, -0.05) is 0 Å². The van der Waals surface area contributed by atoms with Gasteiger partial charge in [0.05, 0.1) is 42.0 Å². The van der Waals surface area contributed by atoms with Gasteiger partial charge < -0.3 is 29.6 Å². The lowest BCUT2D eigenvalue weighted by Crippen LogP contribution is -2.51. The van der Waals surface area contributed by atoms with Crippen LogP contribution in [0.3, 0.4) is 0 Å². The first kappa shape index (κ1) is 18.3. The maximum atomic E-state index is 11.8. The van der Waals surface area contributed by atoms with Gasteiger partial charge in [-0.05, 0) is 24.1 Å². The molecule has 0 saturated carbocycles. The smallest absolute Gasteiger partial charge is 0.184 e. The van der Waals surface area contributed by atoms with Gasteiger partial charge in [0.2, 0.25) is 0 Å². The number of morpholine rings is 1. The summed E-state index contributed by atoms with van der Waals surface area (Å²) < 4.78 is 35.0. The molecule has 2 aliphatic rings. The summed E-state index contributed by atoms with van der Waals surface area (Å²) in [6.45, 7) is 3.69. The van der Waals surface area contributed by atoms with Crippen molar-refractivity contribution in [2.24, 2.45) is 0 Å². The van der Waals surface area contributed by atoms with E-state index in [1.54, 1.807) is 19.3 Å². The van der Waals surface area contributed by atoms with Gasteiger partial charge in [0.25, 0.3) is 0 Å². The molecule has 0 bridgehead atoms. The van der Waals surface area contributed by atoms with Crippen LogP contribution in [0.5, 0.6) is 5.75 Å². The van der Waals surface area contributed by atoms with E-state index in [0.717, 1.165) is 5.39 Å². The molecule has 10 nitrogen and oxygen atoms in total. The summed E-state index contributed by atoms with van der Waals surface area (Å²) in [5.41, 5.74) is 8.22. The Morgan fingerprint density at radius 3 is 3.10 bits per heavy atom. The third-order valence-corrected chi connectivity index (χ3v) is 6.11. The van der Waals surface area contributed by atoms with Crippen LogP contribution in [0.1, 0.15) is 17.9 Å². The molecule has 3 aromatic rings. The van der Waals surface area contributed by atoms with Crippen molar-refractivity contribution in [2.45, 2.75) is 18.2 Å². The molecule has 2 aliphatic heterocycles. The molecular formula is C18H19N6O4S-. The number of pyridine rings is 1. The van der Waals surface area contributed by atoms with Crippen LogP contribution < -0.4 is 15.4 Å². The van der Waals surface area contributed by atoms with E-state index in [9.17, 15) is 8.76 Å². The van der Waals surface area contributed by atoms with Crippen LogP contribution in [-0.2, 0) is 15.8 Å². The molecule has 1 saturated heterocycles. The quantitative estimate of drug-likeness (QED) is 0.602. The number of nitrogens with one attached hydrogen (secondary N) is 1. The van der Waals surface area contributed by atoms with E-state index < -0.39 is 16.3 Å². The Labute approximate surface area is 168 Å². The highest BCUT2D eigenvalue weighted by molar-refractivity contribution is 7.79. The molecule has 11 heteroatoms. The molecule has 0 aliphatic carbocycles. The van der Waals surface area contributed by atoms with E-state index in [0.29, 0.717) is 66.3 Å². The van der Waals surface area contributed by atoms with Crippen LogP contribution >= 0.6 is 0 Å². The van der Waals surface area contributed by atoms with Crippen molar-refractivity contribution in [3.8, 4) is 17.1 Å².